The number of fused-ring (bicyclic) bond motifs is 1. The molecule has 0 atom stereocenters. The van der Waals surface area contributed by atoms with Gasteiger partial charge in [0.25, 0.3) is 0 Å². The molecule has 176 valence electrons. The molecule has 3 aromatic rings. The Bertz CT molecular complexity index is 1330. The van der Waals surface area contributed by atoms with Crippen molar-refractivity contribution in [2.24, 2.45) is 0 Å². The minimum absolute atomic E-state index is 0.0102. The second-order valence-corrected chi connectivity index (χ2v) is 9.64. The van der Waals surface area contributed by atoms with Gasteiger partial charge >= 0.3 is 0 Å². The molecule has 2 N–H and O–H groups in total. The van der Waals surface area contributed by atoms with Crippen LogP contribution in [0.15, 0.2) is 71.6 Å². The molecule has 1 heterocycles. The van der Waals surface area contributed by atoms with Crippen molar-refractivity contribution in [2.75, 3.05) is 20.8 Å². The average Bonchev–Trinajstić information content (AvgIpc) is 3.34. The summed E-state index contributed by atoms with van der Waals surface area (Å²) < 4.78 is 37.4. The molecule has 4 rings (SSSR count). The summed E-state index contributed by atoms with van der Waals surface area (Å²) in [5, 5.41) is 2.84. The number of ether oxygens (including phenoxy) is 2. The number of nitrogens with one attached hydrogen (secondary N) is 2. The van der Waals surface area contributed by atoms with Gasteiger partial charge in [-0.1, -0.05) is 36.4 Å². The zero-order valence-corrected chi connectivity index (χ0v) is 19.8. The molecule has 0 unspecified atom stereocenters. The summed E-state index contributed by atoms with van der Waals surface area (Å²) in [6, 6.07) is 19.0. The number of carbonyl (C=O) groups is 1. The van der Waals surface area contributed by atoms with Crippen LogP contribution >= 0.6 is 0 Å². The molecule has 1 aliphatic rings. The number of sulfonamides is 1. The van der Waals surface area contributed by atoms with E-state index in [0.29, 0.717) is 12.1 Å². The van der Waals surface area contributed by atoms with Crippen LogP contribution in [0.2, 0.25) is 0 Å². The molecule has 1 aliphatic heterocycles. The Morgan fingerprint density at radius 1 is 1.06 bits per heavy atom. The van der Waals surface area contributed by atoms with E-state index in [1.54, 1.807) is 18.2 Å². The molecule has 0 spiro atoms. The van der Waals surface area contributed by atoms with Crippen molar-refractivity contribution in [1.82, 2.24) is 10.0 Å². The van der Waals surface area contributed by atoms with Crippen molar-refractivity contribution in [2.45, 2.75) is 17.9 Å². The van der Waals surface area contributed by atoms with E-state index in [-0.39, 0.29) is 16.6 Å². The van der Waals surface area contributed by atoms with Crippen LogP contribution in [-0.4, -0.2) is 35.1 Å². The monoisotopic (exact) mass is 478 g/mol. The molecule has 0 fully saturated rings. The molecule has 7 nitrogen and oxygen atoms in total. The smallest absolute Gasteiger partial charge is 0.244 e. The van der Waals surface area contributed by atoms with Crippen LogP contribution in [0.1, 0.15) is 16.7 Å². The van der Waals surface area contributed by atoms with Crippen LogP contribution in [0.5, 0.6) is 11.5 Å². The summed E-state index contributed by atoms with van der Waals surface area (Å²) >= 11 is 0. The van der Waals surface area contributed by atoms with Crippen LogP contribution in [0.25, 0.3) is 17.2 Å². The van der Waals surface area contributed by atoms with Crippen LogP contribution < -0.4 is 19.5 Å². The Morgan fingerprint density at radius 2 is 1.82 bits per heavy atom. The maximum atomic E-state index is 12.3. The van der Waals surface area contributed by atoms with Crippen molar-refractivity contribution in [3.8, 4) is 22.6 Å². The number of amides is 1. The van der Waals surface area contributed by atoms with Gasteiger partial charge in [0.2, 0.25) is 15.9 Å². The molecule has 0 saturated heterocycles. The Kier molecular flexibility index (Phi) is 7.00. The third kappa shape index (κ3) is 5.30. The number of rotatable bonds is 8. The largest absolute Gasteiger partial charge is 0.495 e. The summed E-state index contributed by atoms with van der Waals surface area (Å²) in [7, 11) is -0.956. The van der Waals surface area contributed by atoms with Crippen molar-refractivity contribution in [3.63, 3.8) is 0 Å². The first-order chi connectivity index (χ1) is 16.4. The molecular weight excluding hydrogens is 452 g/mol. The zero-order valence-electron chi connectivity index (χ0n) is 19.0. The maximum Gasteiger partial charge on any atom is 0.244 e. The van der Waals surface area contributed by atoms with Crippen molar-refractivity contribution in [3.05, 3.63) is 83.4 Å². The van der Waals surface area contributed by atoms with Crippen LogP contribution in [0.3, 0.4) is 0 Å². The fraction of sp³-hybridized carbons (Fsp3) is 0.192. The van der Waals surface area contributed by atoms with E-state index < -0.39 is 10.0 Å². The molecule has 0 aromatic heterocycles. The third-order valence-corrected chi connectivity index (χ3v) is 7.05. The van der Waals surface area contributed by atoms with Gasteiger partial charge in [-0.2, -0.15) is 0 Å². The first kappa shape index (κ1) is 23.5. The predicted molar refractivity (Wildman–Crippen MR) is 131 cm³/mol. The van der Waals surface area contributed by atoms with Crippen molar-refractivity contribution < 1.29 is 22.7 Å². The highest BCUT2D eigenvalue weighted by atomic mass is 32.2. The molecule has 0 aliphatic carbocycles. The van der Waals surface area contributed by atoms with E-state index in [9.17, 15) is 13.2 Å². The van der Waals surface area contributed by atoms with Gasteiger partial charge in [-0.05, 0) is 65.2 Å². The lowest BCUT2D eigenvalue weighted by molar-refractivity contribution is -0.116. The number of hydrogen-bond acceptors (Lipinski definition) is 5. The van der Waals surface area contributed by atoms with E-state index in [2.05, 4.69) is 22.2 Å². The minimum atomic E-state index is -3.69. The van der Waals surface area contributed by atoms with Crippen LogP contribution in [0.4, 0.5) is 0 Å². The normalized spacial score (nSPS) is 12.9. The van der Waals surface area contributed by atoms with Crippen molar-refractivity contribution >= 4 is 22.0 Å². The number of hydrogen-bond donors (Lipinski definition) is 2. The molecule has 34 heavy (non-hydrogen) atoms. The first-order valence-corrected chi connectivity index (χ1v) is 12.3. The molecule has 1 amide bonds. The first-order valence-electron chi connectivity index (χ1n) is 10.8. The van der Waals surface area contributed by atoms with Gasteiger partial charge in [0, 0.05) is 19.0 Å². The fourth-order valence-corrected chi connectivity index (χ4v) is 4.65. The zero-order chi connectivity index (χ0) is 24.1. The maximum absolute atomic E-state index is 12.3. The van der Waals surface area contributed by atoms with Crippen LogP contribution in [0, 0.1) is 0 Å². The van der Waals surface area contributed by atoms with E-state index in [4.69, 9.17) is 9.47 Å². The van der Waals surface area contributed by atoms with Gasteiger partial charge < -0.3 is 14.8 Å². The SMILES string of the molecule is CNS(=O)(=O)c1cc(/C=C/C(=O)NCc2ccc(-c3ccc4c(c3)CCO4)cc2)ccc1OC. The van der Waals surface area contributed by atoms with Crippen molar-refractivity contribution in [1.29, 1.82) is 0 Å². The average molecular weight is 479 g/mol. The third-order valence-electron chi connectivity index (χ3n) is 5.62. The molecule has 0 saturated carbocycles. The van der Waals surface area contributed by atoms with E-state index in [1.165, 1.54) is 31.9 Å². The van der Waals surface area contributed by atoms with Gasteiger partial charge in [-0.3, -0.25) is 4.79 Å². The summed E-state index contributed by atoms with van der Waals surface area (Å²) in [6.45, 7) is 1.12. The molecule has 0 radical (unpaired) electrons. The van der Waals surface area contributed by atoms with E-state index in [1.807, 2.05) is 30.3 Å². The Balaban J connectivity index is 1.37. The van der Waals surface area contributed by atoms with Crippen LogP contribution in [-0.2, 0) is 27.8 Å². The number of benzene rings is 3. The fourth-order valence-electron chi connectivity index (χ4n) is 3.72. The van der Waals surface area contributed by atoms with E-state index in [0.717, 1.165) is 35.5 Å². The molecule has 8 heteroatoms. The number of methoxy groups -OCH3 is 1. The standard InChI is InChI=1S/C26H26N2O5S/c1-27-34(30,31)25-15-18(5-10-24(25)32-2)6-12-26(29)28-17-19-3-7-20(8-4-19)21-9-11-23-22(16-21)13-14-33-23/h3-12,15-16,27H,13-14,17H2,1-2H3,(H,28,29)/b12-6+. The highest BCUT2D eigenvalue weighted by Gasteiger charge is 2.17. The molecule has 3 aromatic carbocycles. The van der Waals surface area contributed by atoms with Gasteiger partial charge in [0.15, 0.2) is 0 Å². The topological polar surface area (TPSA) is 93.7 Å². The highest BCUT2D eigenvalue weighted by Crippen LogP contribution is 2.30. The number of carbonyl (C=O) groups excluding carboxylic acids is 1. The summed E-state index contributed by atoms with van der Waals surface area (Å²) in [6.07, 6.45) is 3.87. The van der Waals surface area contributed by atoms with Gasteiger partial charge in [0.1, 0.15) is 16.4 Å². The second-order valence-electron chi connectivity index (χ2n) is 7.79. The summed E-state index contributed by atoms with van der Waals surface area (Å²) in [4.78, 5) is 12.3. The Labute approximate surface area is 199 Å². The van der Waals surface area contributed by atoms with Gasteiger partial charge in [-0.15, -0.1) is 0 Å². The second kappa shape index (κ2) is 10.1. The van der Waals surface area contributed by atoms with E-state index >= 15 is 0 Å². The summed E-state index contributed by atoms with van der Waals surface area (Å²) in [5.74, 6) is 0.912. The lowest BCUT2D eigenvalue weighted by Crippen LogP contribution is -2.20. The quantitative estimate of drug-likeness (QED) is 0.483. The lowest BCUT2D eigenvalue weighted by atomic mass is 10.0. The Hall–Kier alpha value is -3.62. The van der Waals surface area contributed by atoms with Gasteiger partial charge in [0.05, 0.1) is 13.7 Å². The minimum Gasteiger partial charge on any atom is -0.495 e. The Morgan fingerprint density at radius 3 is 2.56 bits per heavy atom. The predicted octanol–water partition coefficient (Wildman–Crippen LogP) is 3.53. The molecule has 0 bridgehead atoms. The highest BCUT2D eigenvalue weighted by molar-refractivity contribution is 7.89. The summed E-state index contributed by atoms with van der Waals surface area (Å²) in [5.41, 5.74) is 5.02. The van der Waals surface area contributed by atoms with Gasteiger partial charge in [-0.25, -0.2) is 13.1 Å². The lowest BCUT2D eigenvalue weighted by Gasteiger charge is -2.09. The molecular formula is C26H26N2O5S.